The minimum absolute atomic E-state index is 0.251. The Labute approximate surface area is 128 Å². The predicted molar refractivity (Wildman–Crippen MR) is 81.5 cm³/mol. The monoisotopic (exact) mass is 311 g/mol. The van der Waals surface area contributed by atoms with Crippen molar-refractivity contribution in [3.05, 3.63) is 17.0 Å². The van der Waals surface area contributed by atoms with Crippen molar-refractivity contribution in [3.8, 4) is 0 Å². The molecule has 2 N–H and O–H groups in total. The van der Waals surface area contributed by atoms with Crippen molar-refractivity contribution in [3.63, 3.8) is 0 Å². The predicted octanol–water partition coefficient (Wildman–Crippen LogP) is 1.22. The van der Waals surface area contributed by atoms with Crippen LogP contribution in [0.5, 0.6) is 0 Å². The van der Waals surface area contributed by atoms with E-state index in [4.69, 9.17) is 0 Å². The summed E-state index contributed by atoms with van der Waals surface area (Å²) in [5, 5.41) is 16.5. The molecule has 0 saturated carbocycles. The summed E-state index contributed by atoms with van der Waals surface area (Å²) in [6, 6.07) is 0. The summed E-state index contributed by atoms with van der Waals surface area (Å²) in [4.78, 5) is 24.0. The van der Waals surface area contributed by atoms with E-state index in [2.05, 4.69) is 10.4 Å². The number of carboxylic acids is 1. The van der Waals surface area contributed by atoms with Crippen LogP contribution in [0, 0.1) is 13.8 Å². The van der Waals surface area contributed by atoms with E-state index in [0.29, 0.717) is 12.2 Å². The van der Waals surface area contributed by atoms with Gasteiger partial charge in [-0.2, -0.15) is 16.9 Å². The zero-order valence-corrected chi connectivity index (χ0v) is 13.6. The van der Waals surface area contributed by atoms with Gasteiger partial charge in [0.05, 0.1) is 11.6 Å². The molecule has 7 heteroatoms. The number of nitrogens with one attached hydrogen (secondary N) is 1. The normalized spacial score (nSPS) is 23.0. The highest BCUT2D eigenvalue weighted by atomic mass is 32.2. The lowest BCUT2D eigenvalue weighted by Crippen LogP contribution is -2.55. The van der Waals surface area contributed by atoms with Crippen molar-refractivity contribution in [2.75, 3.05) is 11.5 Å². The Morgan fingerprint density at radius 1 is 1.48 bits per heavy atom. The Hall–Kier alpha value is -1.50. The third-order valence-electron chi connectivity index (χ3n) is 4.18. The number of aryl methyl sites for hydroxylation is 2. The van der Waals surface area contributed by atoms with Crippen LogP contribution in [0.15, 0.2) is 0 Å². The molecule has 1 aromatic heterocycles. The summed E-state index contributed by atoms with van der Waals surface area (Å²) >= 11 is 1.56. The summed E-state index contributed by atoms with van der Waals surface area (Å²) in [5.41, 5.74) is 1.49. The summed E-state index contributed by atoms with van der Waals surface area (Å²) in [5.74, 6) is -0.440. The molecule has 0 spiro atoms. The lowest BCUT2D eigenvalue weighted by molar-refractivity contribution is -0.146. The molecular weight excluding hydrogens is 290 g/mol. The van der Waals surface area contributed by atoms with E-state index in [0.717, 1.165) is 22.7 Å². The molecule has 1 fully saturated rings. The maximum absolute atomic E-state index is 12.5. The minimum Gasteiger partial charge on any atom is -0.479 e. The van der Waals surface area contributed by atoms with Crippen LogP contribution in [0.25, 0.3) is 0 Å². The number of hydrogen-bond acceptors (Lipinski definition) is 4. The van der Waals surface area contributed by atoms with Crippen molar-refractivity contribution in [1.82, 2.24) is 15.1 Å². The van der Waals surface area contributed by atoms with Crippen LogP contribution in [0.2, 0.25) is 0 Å². The number of carbonyl (C=O) groups excluding carboxylic acids is 1. The summed E-state index contributed by atoms with van der Waals surface area (Å²) in [6.45, 7) is 5.58. The Morgan fingerprint density at radius 2 is 2.14 bits per heavy atom. The van der Waals surface area contributed by atoms with Crippen molar-refractivity contribution >= 4 is 23.6 Å². The molecule has 2 rings (SSSR count). The average molecular weight is 311 g/mol. The molecule has 0 radical (unpaired) electrons. The number of aliphatic carboxylic acids is 1. The fourth-order valence-electron chi connectivity index (χ4n) is 2.78. The van der Waals surface area contributed by atoms with Crippen LogP contribution in [0.3, 0.4) is 0 Å². The number of carboxylic acid groups (broad SMARTS) is 1. The van der Waals surface area contributed by atoms with Crippen molar-refractivity contribution in [1.29, 1.82) is 0 Å². The van der Waals surface area contributed by atoms with Crippen molar-refractivity contribution in [2.24, 2.45) is 7.05 Å². The molecule has 1 amide bonds. The number of nitrogens with zero attached hydrogens (tertiary/aromatic N) is 2. The molecule has 2 heterocycles. The van der Waals surface area contributed by atoms with Gasteiger partial charge in [-0.05, 0) is 32.9 Å². The van der Waals surface area contributed by atoms with Crippen LogP contribution < -0.4 is 5.32 Å². The van der Waals surface area contributed by atoms with Gasteiger partial charge in [0.15, 0.2) is 0 Å². The van der Waals surface area contributed by atoms with Gasteiger partial charge in [0.2, 0.25) is 5.91 Å². The summed E-state index contributed by atoms with van der Waals surface area (Å²) in [6.07, 6.45) is 0.469. The van der Waals surface area contributed by atoms with E-state index in [1.165, 1.54) is 0 Å². The van der Waals surface area contributed by atoms with Gasteiger partial charge in [-0.25, -0.2) is 4.79 Å². The van der Waals surface area contributed by atoms with E-state index in [-0.39, 0.29) is 5.91 Å². The van der Waals surface area contributed by atoms with Crippen molar-refractivity contribution < 1.29 is 14.7 Å². The Balaban J connectivity index is 2.21. The largest absolute Gasteiger partial charge is 0.479 e. The molecular formula is C14H21N3O3S. The lowest BCUT2D eigenvalue weighted by Gasteiger charge is -2.26. The fraction of sp³-hybridized carbons (Fsp3) is 0.643. The smallest absolute Gasteiger partial charge is 0.330 e. The number of hydrogen-bond donors (Lipinski definition) is 2. The van der Waals surface area contributed by atoms with E-state index >= 15 is 0 Å². The molecule has 0 aliphatic carbocycles. The van der Waals surface area contributed by atoms with Gasteiger partial charge in [0, 0.05) is 24.1 Å². The maximum atomic E-state index is 12.5. The average Bonchev–Trinajstić information content (AvgIpc) is 2.96. The molecule has 2 unspecified atom stereocenters. The number of thioether (sulfide) groups is 1. The molecule has 1 saturated heterocycles. The number of carbonyl (C=O) groups is 2. The van der Waals surface area contributed by atoms with Crippen LogP contribution in [-0.4, -0.2) is 43.8 Å². The Kier molecular flexibility index (Phi) is 4.32. The molecule has 0 bridgehead atoms. The number of amides is 1. The van der Waals surface area contributed by atoms with Gasteiger partial charge in [0.1, 0.15) is 5.54 Å². The second-order valence-electron chi connectivity index (χ2n) is 5.61. The zero-order chi connectivity index (χ0) is 15.8. The van der Waals surface area contributed by atoms with Crippen LogP contribution in [0.1, 0.15) is 36.2 Å². The van der Waals surface area contributed by atoms with Crippen molar-refractivity contribution in [2.45, 2.75) is 38.6 Å². The lowest BCUT2D eigenvalue weighted by atomic mass is 9.94. The molecule has 21 heavy (non-hydrogen) atoms. The second kappa shape index (κ2) is 5.71. The van der Waals surface area contributed by atoms with Gasteiger partial charge in [-0.1, -0.05) is 0 Å². The van der Waals surface area contributed by atoms with E-state index in [1.54, 1.807) is 23.4 Å². The first-order valence-electron chi connectivity index (χ1n) is 6.92. The van der Waals surface area contributed by atoms with E-state index in [1.807, 2.05) is 20.9 Å². The zero-order valence-electron chi connectivity index (χ0n) is 12.8. The molecule has 2 atom stereocenters. The van der Waals surface area contributed by atoms with Gasteiger partial charge in [-0.15, -0.1) is 0 Å². The topological polar surface area (TPSA) is 84.2 Å². The highest BCUT2D eigenvalue weighted by Gasteiger charge is 2.44. The first-order valence-corrected chi connectivity index (χ1v) is 8.07. The first kappa shape index (κ1) is 15.9. The maximum Gasteiger partial charge on any atom is 0.330 e. The molecule has 116 valence electrons. The number of rotatable bonds is 4. The SMILES string of the molecule is Cc1nn(C)c(C)c1C(C)C(=O)NC1(C(=O)O)CCSC1. The fourth-order valence-corrected chi connectivity index (χ4v) is 4.10. The highest BCUT2D eigenvalue weighted by molar-refractivity contribution is 7.99. The Bertz CT molecular complexity index is 576. The molecule has 1 aromatic rings. The van der Waals surface area contributed by atoms with Gasteiger partial charge in [0.25, 0.3) is 0 Å². The van der Waals surface area contributed by atoms with E-state index < -0.39 is 17.4 Å². The highest BCUT2D eigenvalue weighted by Crippen LogP contribution is 2.30. The van der Waals surface area contributed by atoms with Gasteiger partial charge in [-0.3, -0.25) is 9.48 Å². The standard InChI is InChI=1S/C14H21N3O3S/c1-8(11-9(2)16-17(4)10(11)3)12(18)15-14(13(19)20)5-6-21-7-14/h8H,5-7H2,1-4H3,(H,15,18)(H,19,20). The van der Waals surface area contributed by atoms with Crippen LogP contribution >= 0.6 is 11.8 Å². The second-order valence-corrected chi connectivity index (χ2v) is 6.71. The molecule has 1 aliphatic heterocycles. The quantitative estimate of drug-likeness (QED) is 0.873. The molecule has 0 aromatic carbocycles. The molecule has 1 aliphatic rings. The first-order chi connectivity index (χ1) is 9.78. The van der Waals surface area contributed by atoms with E-state index in [9.17, 15) is 14.7 Å². The van der Waals surface area contributed by atoms with Gasteiger partial charge >= 0.3 is 5.97 Å². The third kappa shape index (κ3) is 2.79. The summed E-state index contributed by atoms with van der Waals surface area (Å²) in [7, 11) is 1.84. The third-order valence-corrected chi connectivity index (χ3v) is 5.37. The van der Waals surface area contributed by atoms with Gasteiger partial charge < -0.3 is 10.4 Å². The molecule has 6 nitrogen and oxygen atoms in total. The summed E-state index contributed by atoms with van der Waals surface area (Å²) < 4.78 is 1.74. The van der Waals surface area contributed by atoms with Crippen LogP contribution in [-0.2, 0) is 16.6 Å². The Morgan fingerprint density at radius 3 is 2.57 bits per heavy atom. The minimum atomic E-state index is -1.12. The number of aromatic nitrogens is 2. The van der Waals surface area contributed by atoms with Crippen LogP contribution in [0.4, 0.5) is 0 Å².